The van der Waals surface area contributed by atoms with Crippen molar-refractivity contribution in [2.24, 2.45) is 7.05 Å². The molecule has 0 aliphatic carbocycles. The van der Waals surface area contributed by atoms with Crippen LogP contribution < -0.4 is 10.2 Å². The fourth-order valence-electron chi connectivity index (χ4n) is 4.08. The SMILES string of the molecule is Cc1ccc(Nc2cc(N3CCN(C(=O)c4cc(-c5cccs5)nn4C)CC3)nc(C)n2)cc1. The minimum absolute atomic E-state index is 0.0121. The molecular formula is C25H27N7OS. The Kier molecular flexibility index (Phi) is 6.02. The molecule has 1 aliphatic heterocycles. The Bertz CT molecular complexity index is 1290. The Morgan fingerprint density at radius 1 is 1.00 bits per heavy atom. The zero-order chi connectivity index (χ0) is 23.7. The largest absolute Gasteiger partial charge is 0.353 e. The van der Waals surface area contributed by atoms with E-state index in [1.54, 1.807) is 16.0 Å². The van der Waals surface area contributed by atoms with Gasteiger partial charge in [-0.3, -0.25) is 9.48 Å². The molecule has 1 fully saturated rings. The first kappa shape index (κ1) is 22.1. The number of aromatic nitrogens is 4. The Morgan fingerprint density at radius 2 is 1.76 bits per heavy atom. The fourth-order valence-corrected chi connectivity index (χ4v) is 4.76. The molecule has 0 bridgehead atoms. The lowest BCUT2D eigenvalue weighted by molar-refractivity contribution is 0.0735. The topological polar surface area (TPSA) is 79.2 Å². The van der Waals surface area contributed by atoms with Crippen LogP contribution in [0.4, 0.5) is 17.3 Å². The molecule has 174 valence electrons. The van der Waals surface area contributed by atoms with Crippen molar-refractivity contribution in [2.45, 2.75) is 13.8 Å². The van der Waals surface area contributed by atoms with Crippen LogP contribution in [0, 0.1) is 13.8 Å². The van der Waals surface area contributed by atoms with Crippen molar-refractivity contribution in [3.8, 4) is 10.6 Å². The number of amides is 1. The number of nitrogens with zero attached hydrogens (tertiary/aromatic N) is 6. The van der Waals surface area contributed by atoms with Crippen LogP contribution in [0.2, 0.25) is 0 Å². The first-order valence-electron chi connectivity index (χ1n) is 11.3. The fraction of sp³-hybridized carbons (Fsp3) is 0.280. The Morgan fingerprint density at radius 3 is 2.47 bits per heavy atom. The summed E-state index contributed by atoms with van der Waals surface area (Å²) in [6, 6.07) is 16.1. The average molecular weight is 474 g/mol. The molecule has 0 radical (unpaired) electrons. The molecule has 1 saturated heterocycles. The summed E-state index contributed by atoms with van der Waals surface area (Å²) in [4.78, 5) is 27.5. The molecule has 5 rings (SSSR count). The predicted molar refractivity (Wildman–Crippen MR) is 136 cm³/mol. The van der Waals surface area contributed by atoms with Crippen molar-refractivity contribution < 1.29 is 4.79 Å². The van der Waals surface area contributed by atoms with Gasteiger partial charge in [-0.2, -0.15) is 5.10 Å². The van der Waals surface area contributed by atoms with Gasteiger partial charge in [-0.25, -0.2) is 9.97 Å². The van der Waals surface area contributed by atoms with E-state index in [0.29, 0.717) is 37.7 Å². The van der Waals surface area contributed by atoms with E-state index in [1.807, 2.05) is 60.6 Å². The minimum atomic E-state index is 0.0121. The van der Waals surface area contributed by atoms with Crippen LogP contribution in [0.1, 0.15) is 21.9 Å². The van der Waals surface area contributed by atoms with Crippen molar-refractivity contribution in [1.82, 2.24) is 24.6 Å². The Balaban J connectivity index is 1.26. The third kappa shape index (κ3) is 4.65. The first-order valence-corrected chi connectivity index (χ1v) is 12.2. The molecular weight excluding hydrogens is 446 g/mol. The van der Waals surface area contributed by atoms with Crippen molar-refractivity contribution in [1.29, 1.82) is 0 Å². The predicted octanol–water partition coefficient (Wildman–Crippen LogP) is 4.26. The van der Waals surface area contributed by atoms with Gasteiger partial charge in [0.05, 0.1) is 4.88 Å². The number of piperazine rings is 1. The molecule has 1 aliphatic rings. The summed E-state index contributed by atoms with van der Waals surface area (Å²) in [6.45, 7) is 6.64. The molecule has 0 spiro atoms. The normalized spacial score (nSPS) is 13.9. The Hall–Kier alpha value is -3.72. The molecule has 8 nitrogen and oxygen atoms in total. The van der Waals surface area contributed by atoms with Crippen LogP contribution >= 0.6 is 11.3 Å². The lowest BCUT2D eigenvalue weighted by Gasteiger charge is -2.35. The highest BCUT2D eigenvalue weighted by molar-refractivity contribution is 7.13. The molecule has 1 amide bonds. The molecule has 34 heavy (non-hydrogen) atoms. The lowest BCUT2D eigenvalue weighted by atomic mass is 10.2. The van der Waals surface area contributed by atoms with Gasteiger partial charge < -0.3 is 15.1 Å². The first-order chi connectivity index (χ1) is 16.5. The summed E-state index contributed by atoms with van der Waals surface area (Å²) in [5.74, 6) is 2.36. The summed E-state index contributed by atoms with van der Waals surface area (Å²) in [5, 5.41) is 9.92. The van der Waals surface area contributed by atoms with E-state index in [4.69, 9.17) is 0 Å². The maximum absolute atomic E-state index is 13.2. The second-order valence-electron chi connectivity index (χ2n) is 8.44. The average Bonchev–Trinajstić information content (AvgIpc) is 3.50. The van der Waals surface area contributed by atoms with Crippen LogP contribution in [0.3, 0.4) is 0 Å². The third-order valence-corrected chi connectivity index (χ3v) is 6.80. The standard InChI is InChI=1S/C25H27N7OS/c1-17-6-8-19(9-7-17)28-23-16-24(27-18(2)26-23)31-10-12-32(13-11-31)25(33)21-15-20(29-30(21)3)22-5-4-14-34-22/h4-9,14-16H,10-13H2,1-3H3,(H,26,27,28). The van der Waals surface area contributed by atoms with Crippen LogP contribution in [-0.4, -0.2) is 56.7 Å². The van der Waals surface area contributed by atoms with Crippen LogP contribution in [0.5, 0.6) is 0 Å². The smallest absolute Gasteiger partial charge is 0.272 e. The molecule has 4 heterocycles. The van der Waals surface area contributed by atoms with E-state index < -0.39 is 0 Å². The van der Waals surface area contributed by atoms with Gasteiger partial charge in [0.1, 0.15) is 28.8 Å². The van der Waals surface area contributed by atoms with Crippen molar-refractivity contribution in [3.63, 3.8) is 0 Å². The minimum Gasteiger partial charge on any atom is -0.353 e. The second kappa shape index (κ2) is 9.26. The van der Waals surface area contributed by atoms with Gasteiger partial charge in [-0.1, -0.05) is 23.8 Å². The molecule has 0 atom stereocenters. The number of benzene rings is 1. The van der Waals surface area contributed by atoms with E-state index in [-0.39, 0.29) is 5.91 Å². The van der Waals surface area contributed by atoms with E-state index in [2.05, 4.69) is 44.3 Å². The van der Waals surface area contributed by atoms with Gasteiger partial charge in [-0.15, -0.1) is 11.3 Å². The Labute approximate surface area is 202 Å². The van der Waals surface area contributed by atoms with Crippen molar-refractivity contribution in [3.05, 3.63) is 71.0 Å². The van der Waals surface area contributed by atoms with Gasteiger partial charge in [-0.05, 0) is 43.5 Å². The van der Waals surface area contributed by atoms with Gasteiger partial charge >= 0.3 is 0 Å². The number of rotatable bonds is 5. The van der Waals surface area contributed by atoms with E-state index in [9.17, 15) is 4.79 Å². The highest BCUT2D eigenvalue weighted by Gasteiger charge is 2.26. The van der Waals surface area contributed by atoms with E-state index >= 15 is 0 Å². The van der Waals surface area contributed by atoms with E-state index in [0.717, 1.165) is 27.9 Å². The van der Waals surface area contributed by atoms with Crippen LogP contribution in [-0.2, 0) is 7.05 Å². The summed E-state index contributed by atoms with van der Waals surface area (Å²) < 4.78 is 1.68. The van der Waals surface area contributed by atoms with Gasteiger partial charge in [0, 0.05) is 45.0 Å². The number of carbonyl (C=O) groups is 1. The zero-order valence-corrected chi connectivity index (χ0v) is 20.3. The highest BCUT2D eigenvalue weighted by Crippen LogP contribution is 2.25. The summed E-state index contributed by atoms with van der Waals surface area (Å²) in [7, 11) is 1.83. The lowest BCUT2D eigenvalue weighted by Crippen LogP contribution is -2.49. The summed E-state index contributed by atoms with van der Waals surface area (Å²) in [6.07, 6.45) is 0. The maximum Gasteiger partial charge on any atom is 0.272 e. The van der Waals surface area contributed by atoms with Crippen LogP contribution in [0.25, 0.3) is 10.6 Å². The number of hydrogen-bond acceptors (Lipinski definition) is 7. The quantitative estimate of drug-likeness (QED) is 0.467. The number of thiophene rings is 1. The second-order valence-corrected chi connectivity index (χ2v) is 9.39. The number of hydrogen-bond donors (Lipinski definition) is 1. The van der Waals surface area contributed by atoms with Gasteiger partial charge in [0.25, 0.3) is 5.91 Å². The molecule has 0 unspecified atom stereocenters. The third-order valence-electron chi connectivity index (χ3n) is 5.91. The summed E-state index contributed by atoms with van der Waals surface area (Å²) in [5.41, 5.74) is 3.65. The molecule has 3 aromatic heterocycles. The molecule has 1 aromatic carbocycles. The zero-order valence-electron chi connectivity index (χ0n) is 19.5. The number of aryl methyl sites for hydroxylation is 3. The van der Waals surface area contributed by atoms with E-state index in [1.165, 1.54) is 5.56 Å². The monoisotopic (exact) mass is 473 g/mol. The van der Waals surface area contributed by atoms with Gasteiger partial charge in [0.15, 0.2) is 0 Å². The molecule has 0 saturated carbocycles. The molecule has 4 aromatic rings. The number of carbonyl (C=O) groups excluding carboxylic acids is 1. The number of nitrogens with one attached hydrogen (secondary N) is 1. The highest BCUT2D eigenvalue weighted by atomic mass is 32.1. The maximum atomic E-state index is 13.2. The van der Waals surface area contributed by atoms with Crippen LogP contribution in [0.15, 0.2) is 53.9 Å². The van der Waals surface area contributed by atoms with Crippen molar-refractivity contribution >= 4 is 34.6 Å². The molecule has 1 N–H and O–H groups in total. The molecule has 9 heteroatoms. The van der Waals surface area contributed by atoms with Crippen molar-refractivity contribution in [2.75, 3.05) is 36.4 Å². The van der Waals surface area contributed by atoms with Gasteiger partial charge in [0.2, 0.25) is 0 Å². The summed E-state index contributed by atoms with van der Waals surface area (Å²) >= 11 is 1.62. The number of anilines is 3.